The third kappa shape index (κ3) is 25.3. The van der Waals surface area contributed by atoms with Crippen molar-refractivity contribution in [3.05, 3.63) is 0 Å². The molecule has 0 aliphatic carbocycles. The molecule has 234 valence electrons. The number of hydrogen-bond acceptors (Lipinski definition) is 3. The van der Waals surface area contributed by atoms with Crippen molar-refractivity contribution < 1.29 is 15.0 Å². The molecule has 1 atom stereocenters. The fourth-order valence-corrected chi connectivity index (χ4v) is 6.13. The quantitative estimate of drug-likeness (QED) is 0.0478. The predicted octanol–water partition coefficient (Wildman–Crippen LogP) is 11.4. The minimum atomic E-state index is -1.97. The van der Waals surface area contributed by atoms with Gasteiger partial charge in [-0.05, 0) is 12.8 Å². The number of alkyl halides is 1. The number of ketones is 1. The highest BCUT2D eigenvalue weighted by molar-refractivity contribution is 6.19. The summed E-state index contributed by atoms with van der Waals surface area (Å²) in [7, 11) is 0. The minimum Gasteiger partial charge on any atom is -0.365 e. The van der Waals surface area contributed by atoms with E-state index in [9.17, 15) is 15.0 Å². The number of carbonyl (C=O) groups excluding carboxylic acids is 1. The van der Waals surface area contributed by atoms with Gasteiger partial charge in [-0.1, -0.05) is 174 Å². The van der Waals surface area contributed by atoms with E-state index in [2.05, 4.69) is 13.8 Å². The van der Waals surface area contributed by atoms with E-state index in [0.29, 0.717) is 6.42 Å². The van der Waals surface area contributed by atoms with Crippen molar-refractivity contribution in [3.8, 4) is 0 Å². The molecule has 0 bridgehead atoms. The summed E-state index contributed by atoms with van der Waals surface area (Å²) < 4.78 is 0. The lowest BCUT2D eigenvalue weighted by Gasteiger charge is -2.29. The van der Waals surface area contributed by atoms with Crippen molar-refractivity contribution in [2.24, 2.45) is 5.92 Å². The van der Waals surface area contributed by atoms with Gasteiger partial charge >= 0.3 is 0 Å². The molecular formula is C35H69ClO3. The Hall–Kier alpha value is -0.120. The van der Waals surface area contributed by atoms with Gasteiger partial charge in [0.2, 0.25) is 0 Å². The van der Waals surface area contributed by atoms with Gasteiger partial charge in [-0.3, -0.25) is 4.79 Å². The zero-order valence-corrected chi connectivity index (χ0v) is 27.2. The Morgan fingerprint density at radius 1 is 0.513 bits per heavy atom. The number of rotatable bonds is 32. The number of Topliss-reactive ketones (excluding diaryl/α,β-unsaturated/α-hetero) is 1. The molecule has 39 heavy (non-hydrogen) atoms. The van der Waals surface area contributed by atoms with Crippen LogP contribution >= 0.6 is 11.6 Å². The van der Waals surface area contributed by atoms with Crippen molar-refractivity contribution in [3.63, 3.8) is 0 Å². The lowest BCUT2D eigenvalue weighted by molar-refractivity contribution is -0.201. The maximum absolute atomic E-state index is 12.7. The smallest absolute Gasteiger partial charge is 0.173 e. The fourth-order valence-electron chi connectivity index (χ4n) is 5.71. The van der Waals surface area contributed by atoms with Crippen LogP contribution in [-0.2, 0) is 4.79 Å². The second-order valence-corrected chi connectivity index (χ2v) is 12.7. The normalized spacial score (nSPS) is 12.7. The molecule has 0 amide bonds. The first kappa shape index (κ1) is 38.9. The molecule has 0 aromatic heterocycles. The van der Waals surface area contributed by atoms with Gasteiger partial charge in [-0.25, -0.2) is 0 Å². The van der Waals surface area contributed by atoms with E-state index in [-0.39, 0.29) is 18.1 Å². The molecule has 0 spiro atoms. The van der Waals surface area contributed by atoms with Gasteiger partial charge in [0.1, 0.15) is 5.78 Å². The van der Waals surface area contributed by atoms with Gasteiger partial charge in [0, 0.05) is 18.7 Å². The number of halogens is 1. The van der Waals surface area contributed by atoms with Crippen LogP contribution in [0, 0.1) is 5.92 Å². The van der Waals surface area contributed by atoms with Crippen molar-refractivity contribution in [1.82, 2.24) is 0 Å². The lowest BCUT2D eigenvalue weighted by Crippen LogP contribution is -2.43. The molecule has 0 aromatic carbocycles. The van der Waals surface area contributed by atoms with Crippen LogP contribution in [0.15, 0.2) is 0 Å². The van der Waals surface area contributed by atoms with Crippen LogP contribution in [0.4, 0.5) is 0 Å². The fraction of sp³-hybridized carbons (Fsp3) is 0.971. The molecule has 0 heterocycles. The molecule has 1 unspecified atom stereocenters. The molecule has 0 radical (unpaired) electrons. The molecule has 3 nitrogen and oxygen atoms in total. The summed E-state index contributed by atoms with van der Waals surface area (Å²) in [6, 6.07) is 0. The third-order valence-electron chi connectivity index (χ3n) is 8.53. The average molecular weight is 573 g/mol. The zero-order valence-electron chi connectivity index (χ0n) is 26.5. The maximum Gasteiger partial charge on any atom is 0.173 e. The monoisotopic (exact) mass is 572 g/mol. The van der Waals surface area contributed by atoms with Gasteiger partial charge in [0.25, 0.3) is 0 Å². The summed E-state index contributed by atoms with van der Waals surface area (Å²) in [5.41, 5.74) is 0. The second kappa shape index (κ2) is 29.4. The Morgan fingerprint density at radius 3 is 1.10 bits per heavy atom. The van der Waals surface area contributed by atoms with Crippen LogP contribution in [0.25, 0.3) is 0 Å². The Balaban J connectivity index is 3.70. The topological polar surface area (TPSA) is 57.5 Å². The van der Waals surface area contributed by atoms with Gasteiger partial charge in [-0.2, -0.15) is 0 Å². The summed E-state index contributed by atoms with van der Waals surface area (Å²) in [4.78, 5) is 12.7. The first-order chi connectivity index (χ1) is 19.0. The first-order valence-electron chi connectivity index (χ1n) is 17.5. The Morgan fingerprint density at radius 2 is 0.795 bits per heavy atom. The van der Waals surface area contributed by atoms with E-state index < -0.39 is 11.7 Å². The van der Waals surface area contributed by atoms with Crippen molar-refractivity contribution in [1.29, 1.82) is 0 Å². The summed E-state index contributed by atoms with van der Waals surface area (Å²) in [5.74, 6) is -2.92. The number of carbonyl (C=O) groups is 1. The molecular weight excluding hydrogens is 504 g/mol. The maximum atomic E-state index is 12.7. The van der Waals surface area contributed by atoms with Crippen molar-refractivity contribution in [2.45, 2.75) is 206 Å². The highest BCUT2D eigenvalue weighted by atomic mass is 35.5. The molecule has 0 aromatic rings. The Labute approximate surface area is 249 Å². The molecule has 4 heteroatoms. The van der Waals surface area contributed by atoms with Crippen LogP contribution in [0.5, 0.6) is 0 Å². The van der Waals surface area contributed by atoms with E-state index in [1.807, 2.05) is 0 Å². The first-order valence-corrected chi connectivity index (χ1v) is 18.1. The number of hydrogen-bond donors (Lipinski definition) is 2. The summed E-state index contributed by atoms with van der Waals surface area (Å²) in [6.45, 7) is 4.53. The molecule has 0 aliphatic rings. The summed E-state index contributed by atoms with van der Waals surface area (Å²) >= 11 is 6.03. The van der Waals surface area contributed by atoms with Crippen LogP contribution in [0.2, 0.25) is 0 Å². The van der Waals surface area contributed by atoms with Crippen molar-refractivity contribution in [2.75, 3.05) is 5.88 Å². The predicted molar refractivity (Wildman–Crippen MR) is 172 cm³/mol. The SMILES string of the molecule is CCCCCCCCCCCCCCCCC(O)(O)C(CCl)C(=O)CCCCCCCCCCCCCCC. The molecule has 0 saturated heterocycles. The van der Waals surface area contributed by atoms with Gasteiger partial charge < -0.3 is 10.2 Å². The summed E-state index contributed by atoms with van der Waals surface area (Å²) in [5, 5.41) is 21.2. The average Bonchev–Trinajstić information content (AvgIpc) is 2.91. The van der Waals surface area contributed by atoms with E-state index >= 15 is 0 Å². The summed E-state index contributed by atoms with van der Waals surface area (Å²) in [6.07, 6.45) is 34.9. The van der Waals surface area contributed by atoms with E-state index in [0.717, 1.165) is 38.5 Å². The highest BCUT2D eigenvalue weighted by Gasteiger charge is 2.37. The van der Waals surface area contributed by atoms with Gasteiger partial charge in [-0.15, -0.1) is 11.6 Å². The third-order valence-corrected chi connectivity index (χ3v) is 8.83. The standard InChI is InChI=1S/C35H69ClO3/c1-3-5-7-9-11-13-15-17-19-21-23-25-27-29-31-35(38,39)33(32-36)34(37)30-28-26-24-22-20-18-16-14-12-10-8-6-4-2/h33,38-39H,3-32H2,1-2H3. The van der Waals surface area contributed by atoms with E-state index in [4.69, 9.17) is 11.6 Å². The van der Waals surface area contributed by atoms with E-state index in [1.165, 1.54) is 135 Å². The minimum absolute atomic E-state index is 0.0110. The van der Waals surface area contributed by atoms with Crippen LogP contribution in [0.3, 0.4) is 0 Å². The van der Waals surface area contributed by atoms with Crippen molar-refractivity contribution >= 4 is 17.4 Å². The largest absolute Gasteiger partial charge is 0.365 e. The van der Waals surface area contributed by atoms with Gasteiger partial charge in [0.15, 0.2) is 5.79 Å². The molecule has 2 N–H and O–H groups in total. The molecule has 0 saturated carbocycles. The Bertz CT molecular complexity index is 508. The lowest BCUT2D eigenvalue weighted by atomic mass is 9.88. The second-order valence-electron chi connectivity index (χ2n) is 12.4. The number of aliphatic hydroxyl groups is 2. The van der Waals surface area contributed by atoms with E-state index in [1.54, 1.807) is 0 Å². The Kier molecular flexibility index (Phi) is 29.3. The van der Waals surface area contributed by atoms with Crippen LogP contribution in [0.1, 0.15) is 200 Å². The van der Waals surface area contributed by atoms with Gasteiger partial charge in [0.05, 0.1) is 5.92 Å². The molecule has 0 rings (SSSR count). The molecule has 0 aliphatic heterocycles. The zero-order chi connectivity index (χ0) is 28.9. The number of unbranched alkanes of at least 4 members (excludes halogenated alkanes) is 25. The highest BCUT2D eigenvalue weighted by Crippen LogP contribution is 2.26. The van der Waals surface area contributed by atoms with Crippen LogP contribution in [-0.4, -0.2) is 27.7 Å². The van der Waals surface area contributed by atoms with Crippen LogP contribution < -0.4 is 0 Å². The molecule has 0 fully saturated rings.